The molecule has 300 valence electrons. The zero-order valence-corrected chi connectivity index (χ0v) is 31.6. The molecule has 15 nitrogen and oxygen atoms in total. The van der Waals surface area contributed by atoms with Gasteiger partial charge in [0, 0.05) is 6.61 Å². The van der Waals surface area contributed by atoms with Gasteiger partial charge in [0.2, 0.25) is 0 Å². The van der Waals surface area contributed by atoms with Crippen molar-refractivity contribution in [2.75, 3.05) is 172 Å². The molecular formula is C35H70O15. The molecule has 0 amide bonds. The minimum Gasteiger partial charge on any atom is -0.458 e. The molecule has 0 bridgehead atoms. The van der Waals surface area contributed by atoms with E-state index in [-0.39, 0.29) is 12.6 Å². The van der Waals surface area contributed by atoms with Crippen LogP contribution in [-0.2, 0) is 71.1 Å². The van der Waals surface area contributed by atoms with Gasteiger partial charge in [-0.1, -0.05) is 19.8 Å². The molecule has 15 heteroatoms. The summed E-state index contributed by atoms with van der Waals surface area (Å²) in [4.78, 5) is 11.5. The van der Waals surface area contributed by atoms with Gasteiger partial charge in [-0.25, -0.2) is 4.79 Å². The van der Waals surface area contributed by atoms with E-state index in [9.17, 15) is 4.79 Å². The van der Waals surface area contributed by atoms with E-state index in [1.165, 1.54) is 12.8 Å². The molecule has 0 unspecified atom stereocenters. The maximum atomic E-state index is 11.5. The van der Waals surface area contributed by atoms with Crippen LogP contribution in [0.1, 0.15) is 47.0 Å². The number of unbranched alkanes of at least 4 members (excludes halogenated alkanes) is 2. The SMILES string of the molecule is CCCCCOCCOCCOCCOCCOCCOCCOCCOCCOCCOCCOCCOCCOCC(=O)OC(C)(C)C. The van der Waals surface area contributed by atoms with Gasteiger partial charge >= 0.3 is 5.97 Å². The lowest BCUT2D eigenvalue weighted by Crippen LogP contribution is -2.27. The van der Waals surface area contributed by atoms with Crippen LogP contribution in [0.2, 0.25) is 0 Å². The second-order valence-electron chi connectivity index (χ2n) is 11.7. The van der Waals surface area contributed by atoms with Crippen molar-refractivity contribution in [2.24, 2.45) is 0 Å². The van der Waals surface area contributed by atoms with Crippen molar-refractivity contribution in [3.63, 3.8) is 0 Å². The van der Waals surface area contributed by atoms with Gasteiger partial charge in [-0.2, -0.15) is 0 Å². The average molecular weight is 731 g/mol. The number of rotatable bonds is 42. The number of ether oxygens (including phenoxy) is 14. The molecule has 0 aliphatic rings. The third-order valence-corrected chi connectivity index (χ3v) is 6.00. The van der Waals surface area contributed by atoms with E-state index in [0.29, 0.717) is 159 Å². The number of hydrogen-bond donors (Lipinski definition) is 0. The summed E-state index contributed by atoms with van der Waals surface area (Å²) >= 11 is 0. The highest BCUT2D eigenvalue weighted by atomic mass is 16.6. The van der Waals surface area contributed by atoms with E-state index >= 15 is 0 Å². The summed E-state index contributed by atoms with van der Waals surface area (Å²) in [6.45, 7) is 20.3. The van der Waals surface area contributed by atoms with Crippen LogP contribution in [0, 0.1) is 0 Å². The first kappa shape index (κ1) is 49.0. The number of carbonyl (C=O) groups excluding carboxylic acids is 1. The lowest BCUT2D eigenvalue weighted by Gasteiger charge is -2.19. The Morgan fingerprint density at radius 2 is 0.560 bits per heavy atom. The second-order valence-corrected chi connectivity index (χ2v) is 11.7. The molecule has 0 heterocycles. The molecule has 0 N–H and O–H groups in total. The van der Waals surface area contributed by atoms with Crippen LogP contribution in [0.25, 0.3) is 0 Å². The third-order valence-electron chi connectivity index (χ3n) is 6.00. The topological polar surface area (TPSA) is 146 Å². The van der Waals surface area contributed by atoms with Crippen LogP contribution in [0.5, 0.6) is 0 Å². The highest BCUT2D eigenvalue weighted by Gasteiger charge is 2.15. The molecule has 0 saturated carbocycles. The maximum absolute atomic E-state index is 11.5. The first-order chi connectivity index (χ1) is 24.5. The van der Waals surface area contributed by atoms with E-state index in [4.69, 9.17) is 66.3 Å². The fourth-order valence-electron chi connectivity index (χ4n) is 3.62. The molecule has 0 fully saturated rings. The highest BCUT2D eigenvalue weighted by Crippen LogP contribution is 2.06. The van der Waals surface area contributed by atoms with E-state index in [0.717, 1.165) is 13.0 Å². The minimum atomic E-state index is -0.512. The Labute approximate surface area is 301 Å². The Kier molecular flexibility index (Phi) is 39.9. The molecule has 0 rings (SSSR count). The van der Waals surface area contributed by atoms with Gasteiger partial charge in [-0.05, 0) is 27.2 Å². The van der Waals surface area contributed by atoms with Gasteiger partial charge in [0.1, 0.15) is 12.2 Å². The fourth-order valence-corrected chi connectivity index (χ4v) is 3.62. The molecule has 0 aromatic heterocycles. The zero-order chi connectivity index (χ0) is 36.5. The monoisotopic (exact) mass is 730 g/mol. The van der Waals surface area contributed by atoms with Gasteiger partial charge in [0.05, 0.1) is 159 Å². The molecule has 0 aromatic carbocycles. The molecule has 0 radical (unpaired) electrons. The standard InChI is InChI=1S/C35H70O15/c1-5-6-7-8-37-9-10-38-11-12-39-13-14-40-15-16-41-17-18-42-19-20-43-21-22-44-23-24-45-25-26-46-27-28-47-29-30-48-31-32-49-33-34(36)50-35(2,3)4/h5-33H2,1-4H3. The van der Waals surface area contributed by atoms with Crippen molar-refractivity contribution in [3.05, 3.63) is 0 Å². The van der Waals surface area contributed by atoms with Gasteiger partial charge in [-0.15, -0.1) is 0 Å². The third kappa shape index (κ3) is 45.0. The van der Waals surface area contributed by atoms with Crippen molar-refractivity contribution < 1.29 is 71.1 Å². The van der Waals surface area contributed by atoms with E-state index in [1.54, 1.807) is 0 Å². The Bertz CT molecular complexity index is 667. The Morgan fingerprint density at radius 3 is 0.780 bits per heavy atom. The van der Waals surface area contributed by atoms with Gasteiger partial charge < -0.3 is 66.3 Å². The van der Waals surface area contributed by atoms with Crippen molar-refractivity contribution >= 4 is 5.97 Å². The quantitative estimate of drug-likeness (QED) is 0.0670. The van der Waals surface area contributed by atoms with Crippen molar-refractivity contribution in [2.45, 2.75) is 52.6 Å². The first-order valence-corrected chi connectivity index (χ1v) is 18.2. The molecule has 0 atom stereocenters. The summed E-state index contributed by atoms with van der Waals surface area (Å²) in [7, 11) is 0. The summed E-state index contributed by atoms with van der Waals surface area (Å²) in [6.07, 6.45) is 3.53. The fraction of sp³-hybridized carbons (Fsp3) is 0.971. The predicted octanol–water partition coefficient (Wildman–Crippen LogP) is 2.73. The van der Waals surface area contributed by atoms with Crippen LogP contribution >= 0.6 is 0 Å². The highest BCUT2D eigenvalue weighted by molar-refractivity contribution is 5.71. The van der Waals surface area contributed by atoms with Crippen LogP contribution in [0.3, 0.4) is 0 Å². The molecule has 0 saturated heterocycles. The largest absolute Gasteiger partial charge is 0.458 e. The number of esters is 1. The van der Waals surface area contributed by atoms with Crippen LogP contribution in [-0.4, -0.2) is 183 Å². The van der Waals surface area contributed by atoms with E-state index in [2.05, 4.69) is 6.92 Å². The minimum absolute atomic E-state index is 0.0836. The predicted molar refractivity (Wildman–Crippen MR) is 186 cm³/mol. The molecule has 0 aromatic rings. The molecular weight excluding hydrogens is 660 g/mol. The lowest BCUT2D eigenvalue weighted by atomic mass is 10.2. The van der Waals surface area contributed by atoms with E-state index in [1.807, 2.05) is 20.8 Å². The van der Waals surface area contributed by atoms with Gasteiger partial charge in [0.15, 0.2) is 0 Å². The zero-order valence-electron chi connectivity index (χ0n) is 31.6. The van der Waals surface area contributed by atoms with Crippen LogP contribution in [0.4, 0.5) is 0 Å². The summed E-state index contributed by atoms with van der Waals surface area (Å²) in [5.41, 5.74) is -0.512. The molecule has 0 aliphatic heterocycles. The number of carbonyl (C=O) groups is 1. The summed E-state index contributed by atoms with van der Waals surface area (Å²) < 4.78 is 76.0. The van der Waals surface area contributed by atoms with Crippen LogP contribution in [0.15, 0.2) is 0 Å². The average Bonchev–Trinajstić information content (AvgIpc) is 3.08. The van der Waals surface area contributed by atoms with Crippen molar-refractivity contribution in [1.82, 2.24) is 0 Å². The van der Waals surface area contributed by atoms with Crippen molar-refractivity contribution in [3.8, 4) is 0 Å². The Hall–Kier alpha value is -1.05. The summed E-state index contributed by atoms with van der Waals surface area (Å²) in [6, 6.07) is 0. The molecule has 0 spiro atoms. The van der Waals surface area contributed by atoms with Crippen molar-refractivity contribution in [1.29, 1.82) is 0 Å². The van der Waals surface area contributed by atoms with Crippen LogP contribution < -0.4 is 0 Å². The van der Waals surface area contributed by atoms with Gasteiger partial charge in [-0.3, -0.25) is 0 Å². The first-order valence-electron chi connectivity index (χ1n) is 18.2. The Balaban J connectivity index is 3.09. The maximum Gasteiger partial charge on any atom is 0.332 e. The molecule has 50 heavy (non-hydrogen) atoms. The normalized spacial score (nSPS) is 11.8. The number of hydrogen-bond acceptors (Lipinski definition) is 15. The van der Waals surface area contributed by atoms with Gasteiger partial charge in [0.25, 0.3) is 0 Å². The van der Waals surface area contributed by atoms with E-state index < -0.39 is 5.60 Å². The summed E-state index contributed by atoms with van der Waals surface area (Å²) in [5, 5.41) is 0. The second kappa shape index (κ2) is 40.7. The smallest absolute Gasteiger partial charge is 0.332 e. The molecule has 0 aliphatic carbocycles. The Morgan fingerprint density at radius 1 is 0.340 bits per heavy atom. The lowest BCUT2D eigenvalue weighted by molar-refractivity contribution is -0.160. The summed E-state index contributed by atoms with van der Waals surface area (Å²) in [5.74, 6) is -0.387.